The summed E-state index contributed by atoms with van der Waals surface area (Å²) in [6.07, 6.45) is 1.35. The largest absolute Gasteiger partial charge is 0.457 e. The Labute approximate surface area is 145 Å². The highest BCUT2D eigenvalue weighted by molar-refractivity contribution is 9.10. The van der Waals surface area contributed by atoms with Crippen molar-refractivity contribution < 1.29 is 9.66 Å². The molecular formula is C14H11BrN4O3S. The molecule has 0 aliphatic rings. The van der Waals surface area contributed by atoms with Crippen LogP contribution in [0.3, 0.4) is 0 Å². The molecule has 7 nitrogen and oxygen atoms in total. The van der Waals surface area contributed by atoms with Gasteiger partial charge in [-0.3, -0.25) is 15.5 Å². The highest BCUT2D eigenvalue weighted by Gasteiger charge is 2.11. The number of benzene rings is 2. The van der Waals surface area contributed by atoms with Crippen LogP contribution >= 0.6 is 28.1 Å². The van der Waals surface area contributed by atoms with Crippen molar-refractivity contribution in [2.75, 3.05) is 0 Å². The number of ether oxygens (including phenoxy) is 1. The van der Waals surface area contributed by atoms with Crippen LogP contribution in [-0.4, -0.2) is 16.3 Å². The van der Waals surface area contributed by atoms with Gasteiger partial charge in [0.2, 0.25) is 0 Å². The fourth-order valence-electron chi connectivity index (χ4n) is 1.64. The van der Waals surface area contributed by atoms with Gasteiger partial charge in [0, 0.05) is 22.2 Å². The summed E-state index contributed by atoms with van der Waals surface area (Å²) in [7, 11) is 0. The number of hydrogen-bond acceptors (Lipinski definition) is 5. The van der Waals surface area contributed by atoms with Crippen molar-refractivity contribution in [3.8, 4) is 11.5 Å². The molecule has 0 aliphatic heterocycles. The Kier molecular flexibility index (Phi) is 5.61. The van der Waals surface area contributed by atoms with Crippen LogP contribution in [0.5, 0.6) is 11.5 Å². The number of nitrogens with two attached hydrogens (primary N) is 1. The maximum Gasteiger partial charge on any atom is 0.270 e. The first-order chi connectivity index (χ1) is 11.0. The molecule has 0 aliphatic carbocycles. The molecule has 0 atom stereocenters. The molecule has 2 aromatic carbocycles. The van der Waals surface area contributed by atoms with Gasteiger partial charge in [0.05, 0.1) is 11.1 Å². The summed E-state index contributed by atoms with van der Waals surface area (Å²) in [6.45, 7) is 0. The van der Waals surface area contributed by atoms with E-state index in [1.807, 2.05) is 12.1 Å². The summed E-state index contributed by atoms with van der Waals surface area (Å²) in [4.78, 5) is 10.4. The Morgan fingerprint density at radius 2 is 2.04 bits per heavy atom. The molecule has 0 heterocycles. The van der Waals surface area contributed by atoms with Crippen LogP contribution in [0.4, 0.5) is 5.69 Å². The summed E-state index contributed by atoms with van der Waals surface area (Å²) in [5.41, 5.74) is 7.99. The minimum absolute atomic E-state index is 0.0120. The number of hydrogen-bond donors (Lipinski definition) is 2. The molecule has 0 bridgehead atoms. The molecule has 0 fully saturated rings. The lowest BCUT2D eigenvalue weighted by Gasteiger charge is -2.08. The number of nitro benzene ring substituents is 1. The molecule has 9 heteroatoms. The number of rotatable bonds is 5. The molecule has 3 N–H and O–H groups in total. The van der Waals surface area contributed by atoms with Crippen molar-refractivity contribution in [3.05, 3.63) is 62.6 Å². The van der Waals surface area contributed by atoms with Crippen LogP contribution in [0.15, 0.2) is 52.0 Å². The molecule has 0 unspecified atom stereocenters. The van der Waals surface area contributed by atoms with E-state index in [-0.39, 0.29) is 10.8 Å². The summed E-state index contributed by atoms with van der Waals surface area (Å²) in [5, 5.41) is 14.7. The Bertz CT molecular complexity index is 765. The van der Waals surface area contributed by atoms with E-state index in [0.29, 0.717) is 17.1 Å². The lowest BCUT2D eigenvalue weighted by molar-refractivity contribution is -0.384. The van der Waals surface area contributed by atoms with Crippen molar-refractivity contribution >= 4 is 45.2 Å². The molecule has 0 saturated heterocycles. The number of hydrazone groups is 1. The molecule has 0 aromatic heterocycles. The Hall–Kier alpha value is -2.52. The van der Waals surface area contributed by atoms with Gasteiger partial charge in [-0.25, -0.2) is 0 Å². The number of halogens is 1. The summed E-state index contributed by atoms with van der Waals surface area (Å²) < 4.78 is 6.64. The predicted molar refractivity (Wildman–Crippen MR) is 94.8 cm³/mol. The van der Waals surface area contributed by atoms with Crippen LogP contribution in [0.2, 0.25) is 0 Å². The van der Waals surface area contributed by atoms with Gasteiger partial charge >= 0.3 is 0 Å². The SMILES string of the molecule is NC(=S)N/N=C/c1cc([N+](=O)[O-])ccc1Oc1ccc(Br)cc1. The highest BCUT2D eigenvalue weighted by Crippen LogP contribution is 2.28. The monoisotopic (exact) mass is 394 g/mol. The fourth-order valence-corrected chi connectivity index (χ4v) is 1.96. The molecule has 2 aromatic rings. The second-order valence-corrected chi connectivity index (χ2v) is 5.62. The zero-order valence-corrected chi connectivity index (χ0v) is 14.0. The number of nitro groups is 1. The third-order valence-electron chi connectivity index (χ3n) is 2.62. The van der Waals surface area contributed by atoms with E-state index in [4.69, 9.17) is 10.5 Å². The summed E-state index contributed by atoms with van der Waals surface area (Å²) in [5.74, 6) is 0.991. The second kappa shape index (κ2) is 7.65. The van der Waals surface area contributed by atoms with Crippen LogP contribution in [0, 0.1) is 10.1 Å². The van der Waals surface area contributed by atoms with E-state index in [0.717, 1.165) is 4.47 Å². The molecule has 118 valence electrons. The second-order valence-electron chi connectivity index (χ2n) is 4.27. The summed E-state index contributed by atoms with van der Waals surface area (Å²) in [6, 6.07) is 11.4. The van der Waals surface area contributed by atoms with E-state index >= 15 is 0 Å². The lowest BCUT2D eigenvalue weighted by Crippen LogP contribution is -2.24. The van der Waals surface area contributed by atoms with Gasteiger partial charge in [0.15, 0.2) is 5.11 Å². The minimum atomic E-state index is -0.498. The normalized spacial score (nSPS) is 10.5. The highest BCUT2D eigenvalue weighted by atomic mass is 79.9. The Morgan fingerprint density at radius 1 is 1.35 bits per heavy atom. The number of nitrogens with zero attached hydrogens (tertiary/aromatic N) is 2. The van der Waals surface area contributed by atoms with Crippen molar-refractivity contribution in [1.82, 2.24) is 5.43 Å². The zero-order chi connectivity index (χ0) is 16.8. The average molecular weight is 395 g/mol. The first-order valence-electron chi connectivity index (χ1n) is 6.26. The molecule has 0 saturated carbocycles. The first-order valence-corrected chi connectivity index (χ1v) is 7.46. The van der Waals surface area contributed by atoms with E-state index in [9.17, 15) is 10.1 Å². The quantitative estimate of drug-likeness (QED) is 0.349. The van der Waals surface area contributed by atoms with Crippen molar-refractivity contribution in [3.63, 3.8) is 0 Å². The molecular weight excluding hydrogens is 384 g/mol. The maximum absolute atomic E-state index is 10.9. The van der Waals surface area contributed by atoms with Crippen LogP contribution in [-0.2, 0) is 0 Å². The van der Waals surface area contributed by atoms with Gasteiger partial charge in [-0.1, -0.05) is 15.9 Å². The average Bonchev–Trinajstić information content (AvgIpc) is 2.50. The van der Waals surface area contributed by atoms with Gasteiger partial charge in [0.1, 0.15) is 11.5 Å². The third-order valence-corrected chi connectivity index (χ3v) is 3.24. The molecule has 2 rings (SSSR count). The van der Waals surface area contributed by atoms with Crippen molar-refractivity contribution in [2.45, 2.75) is 0 Å². The molecule has 23 heavy (non-hydrogen) atoms. The third kappa shape index (κ3) is 5.01. The molecule has 0 radical (unpaired) electrons. The number of nitrogens with one attached hydrogen (secondary N) is 1. The predicted octanol–water partition coefficient (Wildman–Crippen LogP) is 3.32. The van der Waals surface area contributed by atoms with Crippen molar-refractivity contribution in [1.29, 1.82) is 0 Å². The van der Waals surface area contributed by atoms with Gasteiger partial charge in [-0.2, -0.15) is 5.10 Å². The molecule has 0 amide bonds. The first kappa shape index (κ1) is 16.8. The van der Waals surface area contributed by atoms with E-state index < -0.39 is 4.92 Å². The lowest BCUT2D eigenvalue weighted by atomic mass is 10.2. The van der Waals surface area contributed by atoms with Gasteiger partial charge in [-0.15, -0.1) is 0 Å². The number of non-ortho nitro benzene ring substituents is 1. The van der Waals surface area contributed by atoms with Crippen LogP contribution < -0.4 is 15.9 Å². The van der Waals surface area contributed by atoms with E-state index in [1.54, 1.807) is 12.1 Å². The standard InChI is InChI=1S/C14H11BrN4O3S/c15-10-1-4-12(5-2-10)22-13-6-3-11(19(20)21)7-9(13)8-17-18-14(16)23/h1-8H,(H3,16,18,23)/b17-8+. The zero-order valence-electron chi connectivity index (χ0n) is 11.6. The van der Waals surface area contributed by atoms with Crippen LogP contribution in [0.25, 0.3) is 0 Å². The smallest absolute Gasteiger partial charge is 0.270 e. The van der Waals surface area contributed by atoms with E-state index in [2.05, 4.69) is 38.7 Å². The summed E-state index contributed by atoms with van der Waals surface area (Å²) >= 11 is 7.97. The Morgan fingerprint density at radius 3 is 2.65 bits per heavy atom. The minimum Gasteiger partial charge on any atom is -0.457 e. The maximum atomic E-state index is 10.9. The van der Waals surface area contributed by atoms with Gasteiger partial charge in [0.25, 0.3) is 5.69 Å². The number of thiocarbonyl (C=S) groups is 1. The van der Waals surface area contributed by atoms with Gasteiger partial charge in [-0.05, 0) is 42.5 Å². The fraction of sp³-hybridized carbons (Fsp3) is 0. The van der Waals surface area contributed by atoms with Gasteiger partial charge < -0.3 is 10.5 Å². The van der Waals surface area contributed by atoms with E-state index in [1.165, 1.54) is 24.4 Å². The topological polar surface area (TPSA) is 103 Å². The van der Waals surface area contributed by atoms with Crippen molar-refractivity contribution in [2.24, 2.45) is 10.8 Å². The molecule has 0 spiro atoms. The Balaban J connectivity index is 2.32. The van der Waals surface area contributed by atoms with Crippen LogP contribution in [0.1, 0.15) is 5.56 Å².